The monoisotopic (exact) mass is 260 g/mol. The van der Waals surface area contributed by atoms with Gasteiger partial charge in [0.05, 0.1) is 11.8 Å². The zero-order chi connectivity index (χ0) is 13.0. The number of benzene rings is 1. The molecular weight excluding hydrogens is 248 g/mol. The molecule has 1 aromatic heterocycles. The Morgan fingerprint density at radius 1 is 1.28 bits per heavy atom. The molecule has 0 fully saturated rings. The van der Waals surface area contributed by atoms with Gasteiger partial charge in [0.15, 0.2) is 0 Å². The third-order valence-electron chi connectivity index (χ3n) is 2.30. The highest BCUT2D eigenvalue weighted by Crippen LogP contribution is 2.24. The van der Waals surface area contributed by atoms with E-state index in [-0.39, 0.29) is 0 Å². The zero-order valence-electron chi connectivity index (χ0n) is 10.1. The van der Waals surface area contributed by atoms with Crippen molar-refractivity contribution >= 4 is 17.4 Å². The highest BCUT2D eigenvalue weighted by molar-refractivity contribution is 7.99. The summed E-state index contributed by atoms with van der Waals surface area (Å²) in [7, 11) is 3.97. The van der Waals surface area contributed by atoms with E-state index in [1.807, 2.05) is 49.3 Å². The molecule has 0 radical (unpaired) electrons. The molecule has 0 spiro atoms. The topological polar surface area (TPSA) is 66.0 Å². The SMILES string of the molecule is CN(C)c1ccc(-c2nnc(SCC#N)o2)cc1. The Hall–Kier alpha value is -2.00. The van der Waals surface area contributed by atoms with Gasteiger partial charge < -0.3 is 9.32 Å². The van der Waals surface area contributed by atoms with E-state index in [1.165, 1.54) is 11.8 Å². The Labute approximate surface area is 109 Å². The van der Waals surface area contributed by atoms with E-state index in [9.17, 15) is 0 Å². The number of nitrogens with zero attached hydrogens (tertiary/aromatic N) is 4. The van der Waals surface area contributed by atoms with Gasteiger partial charge in [0, 0.05) is 25.3 Å². The molecule has 0 unspecified atom stereocenters. The van der Waals surface area contributed by atoms with Crippen LogP contribution < -0.4 is 4.90 Å². The van der Waals surface area contributed by atoms with Gasteiger partial charge in [-0.05, 0) is 24.3 Å². The Bertz CT molecular complexity index is 556. The fourth-order valence-corrected chi connectivity index (χ4v) is 1.81. The van der Waals surface area contributed by atoms with Crippen LogP contribution in [0.1, 0.15) is 0 Å². The van der Waals surface area contributed by atoms with E-state index in [0.29, 0.717) is 16.9 Å². The minimum atomic E-state index is 0.307. The molecule has 0 aliphatic carbocycles. The summed E-state index contributed by atoms with van der Waals surface area (Å²) in [5.74, 6) is 0.780. The first-order chi connectivity index (χ1) is 8.70. The molecule has 0 aliphatic rings. The van der Waals surface area contributed by atoms with E-state index in [1.54, 1.807) is 0 Å². The van der Waals surface area contributed by atoms with Crippen LogP contribution in [0.15, 0.2) is 33.9 Å². The largest absolute Gasteiger partial charge is 0.411 e. The van der Waals surface area contributed by atoms with Gasteiger partial charge in [-0.1, -0.05) is 11.8 Å². The number of hydrogen-bond donors (Lipinski definition) is 0. The Balaban J connectivity index is 2.16. The number of aromatic nitrogens is 2. The van der Waals surface area contributed by atoms with Gasteiger partial charge >= 0.3 is 0 Å². The predicted molar refractivity (Wildman–Crippen MR) is 70.4 cm³/mol. The maximum atomic E-state index is 8.47. The van der Waals surface area contributed by atoms with E-state index in [2.05, 4.69) is 10.2 Å². The smallest absolute Gasteiger partial charge is 0.277 e. The van der Waals surface area contributed by atoms with Crippen molar-refractivity contribution in [2.24, 2.45) is 0 Å². The Morgan fingerprint density at radius 2 is 2.00 bits per heavy atom. The lowest BCUT2D eigenvalue weighted by atomic mass is 10.2. The van der Waals surface area contributed by atoms with E-state index in [0.717, 1.165) is 11.3 Å². The van der Waals surface area contributed by atoms with Gasteiger partial charge in [0.25, 0.3) is 5.22 Å². The number of nitriles is 1. The molecule has 5 nitrogen and oxygen atoms in total. The van der Waals surface area contributed by atoms with Crippen LogP contribution in [0.2, 0.25) is 0 Å². The van der Waals surface area contributed by atoms with Crippen LogP contribution >= 0.6 is 11.8 Å². The summed E-state index contributed by atoms with van der Waals surface area (Å²) in [6.07, 6.45) is 0. The predicted octanol–water partition coefficient (Wildman–Crippen LogP) is 2.42. The molecule has 1 aromatic carbocycles. The summed E-state index contributed by atoms with van der Waals surface area (Å²) < 4.78 is 5.45. The average Bonchev–Trinajstić information content (AvgIpc) is 2.85. The first-order valence-corrected chi connectivity index (χ1v) is 6.30. The first-order valence-electron chi connectivity index (χ1n) is 5.31. The maximum absolute atomic E-state index is 8.47. The van der Waals surface area contributed by atoms with Crippen LogP contribution in [0.25, 0.3) is 11.5 Å². The van der Waals surface area contributed by atoms with Crippen LogP contribution in [0.3, 0.4) is 0 Å². The minimum absolute atomic E-state index is 0.307. The molecule has 0 saturated heterocycles. The molecule has 2 rings (SSSR count). The normalized spacial score (nSPS) is 10.1. The number of hydrogen-bond acceptors (Lipinski definition) is 6. The van der Waals surface area contributed by atoms with E-state index < -0.39 is 0 Å². The van der Waals surface area contributed by atoms with Crippen molar-refractivity contribution in [3.05, 3.63) is 24.3 Å². The molecule has 0 aliphatic heterocycles. The van der Waals surface area contributed by atoms with Gasteiger partial charge in [-0.2, -0.15) is 5.26 Å². The molecule has 0 N–H and O–H groups in total. The summed E-state index contributed by atoms with van der Waals surface area (Å²) in [4.78, 5) is 2.02. The Kier molecular flexibility index (Phi) is 3.85. The van der Waals surface area contributed by atoms with Crippen molar-refractivity contribution in [3.8, 4) is 17.5 Å². The average molecular weight is 260 g/mol. The molecular formula is C12H12N4OS. The number of anilines is 1. The third kappa shape index (κ3) is 2.81. The summed E-state index contributed by atoms with van der Waals surface area (Å²) in [6, 6.07) is 9.85. The lowest BCUT2D eigenvalue weighted by molar-refractivity contribution is 0.466. The number of rotatable bonds is 4. The lowest BCUT2D eigenvalue weighted by Gasteiger charge is -2.11. The van der Waals surface area contributed by atoms with Crippen molar-refractivity contribution in [1.29, 1.82) is 5.26 Å². The second-order valence-corrected chi connectivity index (χ2v) is 4.69. The molecule has 0 atom stereocenters. The van der Waals surface area contributed by atoms with Crippen LogP contribution in [0, 0.1) is 11.3 Å². The fraction of sp³-hybridized carbons (Fsp3) is 0.250. The molecule has 6 heteroatoms. The van der Waals surface area contributed by atoms with Crippen molar-refractivity contribution in [2.75, 3.05) is 24.7 Å². The van der Waals surface area contributed by atoms with Crippen LogP contribution in [0.4, 0.5) is 5.69 Å². The van der Waals surface area contributed by atoms with Crippen LogP contribution in [0.5, 0.6) is 0 Å². The molecule has 0 amide bonds. The minimum Gasteiger partial charge on any atom is -0.411 e. The highest BCUT2D eigenvalue weighted by atomic mass is 32.2. The highest BCUT2D eigenvalue weighted by Gasteiger charge is 2.08. The van der Waals surface area contributed by atoms with Gasteiger partial charge in [0.2, 0.25) is 5.89 Å². The second kappa shape index (κ2) is 5.56. The van der Waals surface area contributed by atoms with E-state index in [4.69, 9.17) is 9.68 Å². The van der Waals surface area contributed by atoms with Gasteiger partial charge in [-0.15, -0.1) is 10.2 Å². The van der Waals surface area contributed by atoms with Crippen molar-refractivity contribution in [3.63, 3.8) is 0 Å². The van der Waals surface area contributed by atoms with Crippen molar-refractivity contribution < 1.29 is 4.42 Å². The quantitative estimate of drug-likeness (QED) is 0.786. The standard InChI is InChI=1S/C12H12N4OS/c1-16(2)10-5-3-9(4-6-10)11-14-15-12(17-11)18-8-7-13/h3-6H,8H2,1-2H3. The lowest BCUT2D eigenvalue weighted by Crippen LogP contribution is -2.07. The second-order valence-electron chi connectivity index (χ2n) is 3.76. The van der Waals surface area contributed by atoms with Gasteiger partial charge in [-0.3, -0.25) is 0 Å². The summed E-state index contributed by atoms with van der Waals surface area (Å²) >= 11 is 1.23. The summed E-state index contributed by atoms with van der Waals surface area (Å²) in [5.41, 5.74) is 1.98. The summed E-state index contributed by atoms with van der Waals surface area (Å²) in [6.45, 7) is 0. The fourth-order valence-electron chi connectivity index (χ4n) is 1.38. The van der Waals surface area contributed by atoms with Crippen LogP contribution in [-0.4, -0.2) is 30.0 Å². The maximum Gasteiger partial charge on any atom is 0.277 e. The van der Waals surface area contributed by atoms with Crippen molar-refractivity contribution in [2.45, 2.75) is 5.22 Å². The third-order valence-corrected chi connectivity index (χ3v) is 2.98. The van der Waals surface area contributed by atoms with Gasteiger partial charge in [-0.25, -0.2) is 0 Å². The Morgan fingerprint density at radius 3 is 2.61 bits per heavy atom. The van der Waals surface area contributed by atoms with Crippen LogP contribution in [-0.2, 0) is 0 Å². The van der Waals surface area contributed by atoms with Gasteiger partial charge in [0.1, 0.15) is 0 Å². The molecule has 2 aromatic rings. The van der Waals surface area contributed by atoms with E-state index >= 15 is 0 Å². The number of thioether (sulfide) groups is 1. The molecule has 0 saturated carbocycles. The summed E-state index contributed by atoms with van der Waals surface area (Å²) in [5, 5.41) is 16.7. The molecule has 0 bridgehead atoms. The molecule has 92 valence electrons. The first kappa shape index (κ1) is 12.5. The van der Waals surface area contributed by atoms with Crippen molar-refractivity contribution in [1.82, 2.24) is 10.2 Å². The zero-order valence-corrected chi connectivity index (χ0v) is 10.9. The molecule has 18 heavy (non-hydrogen) atoms. The molecule has 1 heterocycles.